The molecule has 1 atom stereocenters. The van der Waals surface area contributed by atoms with E-state index in [4.69, 9.17) is 9.73 Å². The van der Waals surface area contributed by atoms with Gasteiger partial charge < -0.3 is 9.64 Å². The Morgan fingerprint density at radius 3 is 2.57 bits per heavy atom. The van der Waals surface area contributed by atoms with Gasteiger partial charge in [0.25, 0.3) is 0 Å². The fraction of sp³-hybridized carbons (Fsp3) is 0.192. The van der Waals surface area contributed by atoms with Crippen molar-refractivity contribution in [2.75, 3.05) is 32.1 Å². The highest BCUT2D eigenvalue weighted by Crippen LogP contribution is 2.50. The summed E-state index contributed by atoms with van der Waals surface area (Å²) in [6.07, 6.45) is 11.8. The van der Waals surface area contributed by atoms with Crippen LogP contribution in [0.1, 0.15) is 12.0 Å². The number of hydrogen-bond acceptors (Lipinski definition) is 3. The van der Waals surface area contributed by atoms with Crippen molar-refractivity contribution in [1.29, 1.82) is 0 Å². The minimum Gasteiger partial charge on any atom is -0.475 e. The highest BCUT2D eigenvalue weighted by molar-refractivity contribution is 7.72. The summed E-state index contributed by atoms with van der Waals surface area (Å²) < 4.78 is 5.98. The van der Waals surface area contributed by atoms with E-state index in [1.807, 2.05) is 0 Å². The molecule has 0 spiro atoms. The van der Waals surface area contributed by atoms with Crippen molar-refractivity contribution >= 4 is 30.4 Å². The van der Waals surface area contributed by atoms with Crippen molar-refractivity contribution in [3.63, 3.8) is 0 Å². The lowest BCUT2D eigenvalue weighted by molar-refractivity contribution is 0.351. The zero-order valence-corrected chi connectivity index (χ0v) is 18.4. The van der Waals surface area contributed by atoms with Crippen LogP contribution in [0.5, 0.6) is 0 Å². The number of rotatable bonds is 6. The van der Waals surface area contributed by atoms with Gasteiger partial charge in [0.05, 0.1) is 6.54 Å². The molecule has 0 N–H and O–H groups in total. The van der Waals surface area contributed by atoms with E-state index < -0.39 is 7.92 Å². The summed E-state index contributed by atoms with van der Waals surface area (Å²) >= 11 is 0. The Bertz CT molecular complexity index is 1030. The fourth-order valence-electron chi connectivity index (χ4n) is 3.62. The summed E-state index contributed by atoms with van der Waals surface area (Å²) in [6, 6.07) is 19.3. The first-order valence-corrected chi connectivity index (χ1v) is 11.7. The smallest absolute Gasteiger partial charge is 0.217 e. The number of hydrogen-bond donors (Lipinski definition) is 0. The molecule has 4 rings (SSSR count). The lowest BCUT2D eigenvalue weighted by atomic mass is 10.0. The second-order valence-electron chi connectivity index (χ2n) is 7.37. The average Bonchev–Trinajstić information content (AvgIpc) is 3.18. The van der Waals surface area contributed by atoms with Gasteiger partial charge in [-0.05, 0) is 36.8 Å². The molecule has 0 aromatic heterocycles. The molecule has 0 fully saturated rings. The molecule has 2 aromatic rings. The number of benzene rings is 2. The van der Waals surface area contributed by atoms with Crippen LogP contribution in [0, 0.1) is 0 Å². The second-order valence-corrected chi connectivity index (χ2v) is 9.46. The van der Waals surface area contributed by atoms with Gasteiger partial charge >= 0.3 is 0 Å². The predicted octanol–water partition coefficient (Wildman–Crippen LogP) is 5.73. The molecule has 0 saturated carbocycles. The van der Waals surface area contributed by atoms with Crippen molar-refractivity contribution < 1.29 is 4.74 Å². The standard InChI is InChI=1S/C26H27N2OP/c1-28(2)25-17-11-10-16-23(25)24(26-27-18-19-29-26)20-30(22-14-8-5-9-15-22)21-12-6-3-4-7-13-21/h3-12,14-17,20H,13,18-19H2,1-2H3/b24-20-. The quantitative estimate of drug-likeness (QED) is 0.564. The maximum absolute atomic E-state index is 5.98. The number of aliphatic imine (C=N–C) groups is 1. The van der Waals surface area contributed by atoms with E-state index >= 15 is 0 Å². The molecule has 4 heteroatoms. The Kier molecular flexibility index (Phi) is 6.61. The van der Waals surface area contributed by atoms with Gasteiger partial charge in [-0.25, -0.2) is 4.99 Å². The highest BCUT2D eigenvalue weighted by Gasteiger charge is 2.23. The van der Waals surface area contributed by atoms with E-state index in [1.165, 1.54) is 16.3 Å². The van der Waals surface area contributed by atoms with Gasteiger partial charge in [0.15, 0.2) is 0 Å². The Balaban J connectivity index is 1.89. The molecule has 1 aliphatic heterocycles. The lowest BCUT2D eigenvalue weighted by Crippen LogP contribution is -2.13. The first kappa shape index (κ1) is 20.4. The molecule has 1 heterocycles. The van der Waals surface area contributed by atoms with Crippen molar-refractivity contribution in [1.82, 2.24) is 0 Å². The van der Waals surface area contributed by atoms with Crippen LogP contribution in [0.25, 0.3) is 5.57 Å². The SMILES string of the molecule is CN(C)c1ccccc1/C(=C/P(C1=CC=CC=CC1)c1ccccc1)C1=NCCO1. The van der Waals surface area contributed by atoms with E-state index in [0.29, 0.717) is 13.2 Å². The van der Waals surface area contributed by atoms with Crippen LogP contribution in [0.2, 0.25) is 0 Å². The summed E-state index contributed by atoms with van der Waals surface area (Å²) in [5.41, 5.74) is 3.41. The maximum atomic E-state index is 5.98. The Morgan fingerprint density at radius 2 is 1.80 bits per heavy atom. The molecule has 2 aliphatic rings. The first-order valence-electron chi connectivity index (χ1n) is 10.3. The molecule has 1 aliphatic carbocycles. The summed E-state index contributed by atoms with van der Waals surface area (Å²) in [7, 11) is 3.48. The molecular formula is C26H27N2OP. The second kappa shape index (κ2) is 9.73. The van der Waals surface area contributed by atoms with Crippen LogP contribution < -0.4 is 10.2 Å². The minimum absolute atomic E-state index is 0.647. The highest BCUT2D eigenvalue weighted by atomic mass is 31.1. The minimum atomic E-state index is -0.685. The molecule has 0 radical (unpaired) electrons. The van der Waals surface area contributed by atoms with E-state index in [0.717, 1.165) is 23.5 Å². The third-order valence-electron chi connectivity index (χ3n) is 5.07. The molecule has 0 saturated heterocycles. The van der Waals surface area contributed by atoms with E-state index in [-0.39, 0.29) is 0 Å². The van der Waals surface area contributed by atoms with Gasteiger partial charge in [-0.3, -0.25) is 0 Å². The number of allylic oxidation sites excluding steroid dienone is 6. The van der Waals surface area contributed by atoms with Gasteiger partial charge in [0, 0.05) is 30.9 Å². The average molecular weight is 414 g/mol. The zero-order chi connectivity index (χ0) is 20.8. The Morgan fingerprint density at radius 1 is 1.00 bits per heavy atom. The monoisotopic (exact) mass is 414 g/mol. The van der Waals surface area contributed by atoms with Gasteiger partial charge in [-0.2, -0.15) is 0 Å². The molecule has 0 bridgehead atoms. The van der Waals surface area contributed by atoms with Crippen molar-refractivity contribution in [2.24, 2.45) is 4.99 Å². The van der Waals surface area contributed by atoms with Crippen LogP contribution >= 0.6 is 7.92 Å². The largest absolute Gasteiger partial charge is 0.475 e. The molecule has 2 aromatic carbocycles. The van der Waals surface area contributed by atoms with Gasteiger partial charge in [-0.15, -0.1) is 0 Å². The predicted molar refractivity (Wildman–Crippen MR) is 131 cm³/mol. The summed E-state index contributed by atoms with van der Waals surface area (Å²) in [5.74, 6) is 3.16. The van der Waals surface area contributed by atoms with Gasteiger partial charge in [0.1, 0.15) is 6.61 Å². The van der Waals surface area contributed by atoms with E-state index in [9.17, 15) is 0 Å². The van der Waals surface area contributed by atoms with Crippen molar-refractivity contribution in [3.8, 4) is 0 Å². The van der Waals surface area contributed by atoms with Crippen molar-refractivity contribution in [2.45, 2.75) is 6.42 Å². The third-order valence-corrected chi connectivity index (χ3v) is 7.39. The zero-order valence-electron chi connectivity index (χ0n) is 17.5. The third kappa shape index (κ3) is 4.63. The van der Waals surface area contributed by atoms with Crippen LogP contribution in [-0.4, -0.2) is 33.1 Å². The fourth-order valence-corrected chi connectivity index (χ4v) is 5.81. The van der Waals surface area contributed by atoms with E-state index in [1.54, 1.807) is 0 Å². The number of para-hydroxylation sites is 1. The van der Waals surface area contributed by atoms with E-state index in [2.05, 4.69) is 110 Å². The Labute approximate surface area is 180 Å². The van der Waals surface area contributed by atoms with Crippen LogP contribution in [0.4, 0.5) is 5.69 Å². The topological polar surface area (TPSA) is 24.8 Å². The number of nitrogens with zero attached hydrogens (tertiary/aromatic N) is 2. The molecule has 152 valence electrons. The first-order chi connectivity index (χ1) is 14.7. The van der Waals surface area contributed by atoms with Crippen LogP contribution in [0.3, 0.4) is 0 Å². The lowest BCUT2D eigenvalue weighted by Gasteiger charge is -2.22. The molecule has 1 unspecified atom stereocenters. The van der Waals surface area contributed by atoms with Crippen LogP contribution in [0.15, 0.2) is 101 Å². The summed E-state index contributed by atoms with van der Waals surface area (Å²) in [4.78, 5) is 6.85. The number of ether oxygens (including phenoxy) is 1. The van der Waals surface area contributed by atoms with Crippen LogP contribution in [-0.2, 0) is 4.74 Å². The molecule has 0 amide bonds. The maximum Gasteiger partial charge on any atom is 0.217 e. The van der Waals surface area contributed by atoms with Gasteiger partial charge in [-0.1, -0.05) is 78.9 Å². The van der Waals surface area contributed by atoms with Gasteiger partial charge in [0.2, 0.25) is 5.90 Å². The molecule has 3 nitrogen and oxygen atoms in total. The summed E-state index contributed by atoms with van der Waals surface area (Å²) in [6.45, 7) is 1.36. The van der Waals surface area contributed by atoms with Crippen molar-refractivity contribution in [3.05, 3.63) is 102 Å². The summed E-state index contributed by atoms with van der Waals surface area (Å²) in [5, 5.41) is 2.75. The molecular weight excluding hydrogens is 387 g/mol. The normalized spacial score (nSPS) is 17.1. The number of anilines is 1. The molecule has 30 heavy (non-hydrogen) atoms. The Hall–Kier alpha value is -2.90.